The molecule has 1 saturated heterocycles. The molecule has 0 aliphatic carbocycles. The number of aryl methyl sites for hydroxylation is 1. The van der Waals surface area contributed by atoms with E-state index in [1.54, 1.807) is 24.3 Å². The molecule has 1 heterocycles. The average Bonchev–Trinajstić information content (AvgIpc) is 3.13. The second-order valence-electron chi connectivity index (χ2n) is 4.91. The molecule has 19 heavy (non-hydrogen) atoms. The number of ether oxygens (including phenoxy) is 1. The van der Waals surface area contributed by atoms with Gasteiger partial charge in [0.15, 0.2) is 0 Å². The van der Waals surface area contributed by atoms with Gasteiger partial charge in [0.2, 0.25) is 0 Å². The SMILES string of the molecule is CCCC[C@H]1O[C@H]1COS(=O)(=O)c1ccc(C)cc1. The topological polar surface area (TPSA) is 55.9 Å². The zero-order valence-corrected chi connectivity index (χ0v) is 12.2. The zero-order chi connectivity index (χ0) is 13.9. The van der Waals surface area contributed by atoms with Gasteiger partial charge in [0.25, 0.3) is 10.1 Å². The molecule has 5 heteroatoms. The maximum absolute atomic E-state index is 11.9. The van der Waals surface area contributed by atoms with Crippen LogP contribution in [0.25, 0.3) is 0 Å². The van der Waals surface area contributed by atoms with Crippen LogP contribution < -0.4 is 0 Å². The van der Waals surface area contributed by atoms with Gasteiger partial charge in [-0.3, -0.25) is 4.18 Å². The van der Waals surface area contributed by atoms with Gasteiger partial charge in [-0.2, -0.15) is 8.42 Å². The predicted octanol–water partition coefficient (Wildman–Crippen LogP) is 2.66. The summed E-state index contributed by atoms with van der Waals surface area (Å²) in [6, 6.07) is 6.64. The van der Waals surface area contributed by atoms with Gasteiger partial charge in [-0.05, 0) is 25.5 Å². The molecule has 1 aliphatic heterocycles. The maximum atomic E-state index is 11.9. The number of unbranched alkanes of at least 4 members (excludes halogenated alkanes) is 1. The maximum Gasteiger partial charge on any atom is 0.297 e. The van der Waals surface area contributed by atoms with Crippen LogP contribution in [-0.2, 0) is 19.0 Å². The Bertz CT molecular complexity index is 507. The molecule has 0 spiro atoms. The first-order valence-electron chi connectivity index (χ1n) is 6.64. The van der Waals surface area contributed by atoms with Gasteiger partial charge in [0, 0.05) is 0 Å². The molecule has 0 N–H and O–H groups in total. The Morgan fingerprint density at radius 3 is 2.53 bits per heavy atom. The third-order valence-electron chi connectivity index (χ3n) is 3.23. The highest BCUT2D eigenvalue weighted by Gasteiger charge is 2.39. The summed E-state index contributed by atoms with van der Waals surface area (Å²) in [6.45, 7) is 4.15. The molecule has 0 amide bonds. The smallest absolute Gasteiger partial charge is 0.297 e. The van der Waals surface area contributed by atoms with Crippen molar-refractivity contribution in [2.24, 2.45) is 0 Å². The second-order valence-corrected chi connectivity index (χ2v) is 6.52. The molecule has 106 valence electrons. The molecule has 0 aromatic heterocycles. The lowest BCUT2D eigenvalue weighted by Crippen LogP contribution is -2.12. The van der Waals surface area contributed by atoms with E-state index in [0.717, 1.165) is 24.8 Å². The van der Waals surface area contributed by atoms with E-state index >= 15 is 0 Å². The fraction of sp³-hybridized carbons (Fsp3) is 0.571. The highest BCUT2D eigenvalue weighted by Crippen LogP contribution is 2.28. The molecule has 0 saturated carbocycles. The van der Waals surface area contributed by atoms with Crippen LogP contribution in [0.3, 0.4) is 0 Å². The van der Waals surface area contributed by atoms with E-state index in [1.807, 2.05) is 6.92 Å². The number of rotatable bonds is 7. The Morgan fingerprint density at radius 1 is 1.21 bits per heavy atom. The van der Waals surface area contributed by atoms with Gasteiger partial charge in [-0.1, -0.05) is 37.5 Å². The summed E-state index contributed by atoms with van der Waals surface area (Å²) in [7, 11) is -3.66. The first-order valence-corrected chi connectivity index (χ1v) is 8.05. The number of epoxide rings is 1. The Labute approximate surface area is 114 Å². The van der Waals surface area contributed by atoms with Crippen molar-refractivity contribution < 1.29 is 17.3 Å². The lowest BCUT2D eigenvalue weighted by atomic mass is 10.2. The summed E-state index contributed by atoms with van der Waals surface area (Å²) in [4.78, 5) is 0.198. The number of benzene rings is 1. The quantitative estimate of drug-likeness (QED) is 0.570. The lowest BCUT2D eigenvalue weighted by molar-refractivity contribution is 0.263. The molecular weight excluding hydrogens is 264 g/mol. The molecular formula is C14H20O4S. The summed E-state index contributed by atoms with van der Waals surface area (Å²) in [5.74, 6) is 0. The van der Waals surface area contributed by atoms with Gasteiger partial charge >= 0.3 is 0 Å². The highest BCUT2D eigenvalue weighted by molar-refractivity contribution is 7.86. The van der Waals surface area contributed by atoms with Crippen LogP contribution in [0.15, 0.2) is 29.2 Å². The third-order valence-corrected chi connectivity index (χ3v) is 4.52. The molecule has 2 atom stereocenters. The second kappa shape index (κ2) is 6.03. The Balaban J connectivity index is 1.84. The van der Waals surface area contributed by atoms with Crippen molar-refractivity contribution >= 4 is 10.1 Å². The molecule has 0 bridgehead atoms. The normalized spacial score (nSPS) is 22.4. The first-order chi connectivity index (χ1) is 9.03. The van der Waals surface area contributed by atoms with Crippen LogP contribution in [0.5, 0.6) is 0 Å². The summed E-state index contributed by atoms with van der Waals surface area (Å²) >= 11 is 0. The average molecular weight is 284 g/mol. The summed E-state index contributed by atoms with van der Waals surface area (Å²) in [5.41, 5.74) is 1.02. The molecule has 1 aromatic rings. The van der Waals surface area contributed by atoms with Gasteiger partial charge in [-0.15, -0.1) is 0 Å². The largest absolute Gasteiger partial charge is 0.367 e. The Morgan fingerprint density at radius 2 is 1.89 bits per heavy atom. The Hall–Kier alpha value is -0.910. The van der Waals surface area contributed by atoms with Crippen LogP contribution in [0.2, 0.25) is 0 Å². The highest BCUT2D eigenvalue weighted by atomic mass is 32.2. The molecule has 0 radical (unpaired) electrons. The minimum Gasteiger partial charge on any atom is -0.367 e. The van der Waals surface area contributed by atoms with E-state index in [9.17, 15) is 8.42 Å². The van der Waals surface area contributed by atoms with Crippen molar-refractivity contribution in [1.82, 2.24) is 0 Å². The van der Waals surface area contributed by atoms with Gasteiger partial charge < -0.3 is 4.74 Å². The third kappa shape index (κ3) is 4.03. The zero-order valence-electron chi connectivity index (χ0n) is 11.3. The fourth-order valence-electron chi connectivity index (χ4n) is 1.91. The van der Waals surface area contributed by atoms with Crippen LogP contribution >= 0.6 is 0 Å². The minimum absolute atomic E-state index is 0.0632. The fourth-order valence-corrected chi connectivity index (χ4v) is 2.83. The van der Waals surface area contributed by atoms with E-state index in [-0.39, 0.29) is 23.7 Å². The summed E-state index contributed by atoms with van der Waals surface area (Å²) in [6.07, 6.45) is 3.32. The molecule has 1 aliphatic rings. The Kier molecular flexibility index (Phi) is 4.60. The van der Waals surface area contributed by atoms with Gasteiger partial charge in [0.1, 0.15) is 6.10 Å². The van der Waals surface area contributed by atoms with E-state index in [4.69, 9.17) is 8.92 Å². The van der Waals surface area contributed by atoms with Crippen molar-refractivity contribution in [3.63, 3.8) is 0 Å². The van der Waals surface area contributed by atoms with Crippen molar-refractivity contribution in [2.75, 3.05) is 6.61 Å². The van der Waals surface area contributed by atoms with Crippen molar-refractivity contribution in [1.29, 1.82) is 0 Å². The first kappa shape index (κ1) is 14.5. The van der Waals surface area contributed by atoms with Crippen LogP contribution in [0.4, 0.5) is 0 Å². The monoisotopic (exact) mass is 284 g/mol. The van der Waals surface area contributed by atoms with E-state index in [1.165, 1.54) is 0 Å². The van der Waals surface area contributed by atoms with E-state index < -0.39 is 10.1 Å². The van der Waals surface area contributed by atoms with Crippen molar-refractivity contribution in [3.05, 3.63) is 29.8 Å². The van der Waals surface area contributed by atoms with Crippen LogP contribution in [0.1, 0.15) is 31.7 Å². The minimum atomic E-state index is -3.66. The van der Waals surface area contributed by atoms with E-state index in [0.29, 0.717) is 0 Å². The molecule has 1 aromatic carbocycles. The number of hydrogen-bond acceptors (Lipinski definition) is 4. The summed E-state index contributed by atoms with van der Waals surface area (Å²) < 4.78 is 34.3. The van der Waals surface area contributed by atoms with Crippen molar-refractivity contribution in [2.45, 2.75) is 50.2 Å². The number of hydrogen-bond donors (Lipinski definition) is 0. The molecule has 1 fully saturated rings. The molecule has 4 nitrogen and oxygen atoms in total. The van der Waals surface area contributed by atoms with Crippen LogP contribution in [0, 0.1) is 6.92 Å². The predicted molar refractivity (Wildman–Crippen MR) is 72.5 cm³/mol. The molecule has 2 rings (SSSR count). The van der Waals surface area contributed by atoms with E-state index in [2.05, 4.69) is 6.92 Å². The van der Waals surface area contributed by atoms with Gasteiger partial charge in [-0.25, -0.2) is 0 Å². The standard InChI is InChI=1S/C14H20O4S/c1-3-4-5-13-14(18-13)10-17-19(15,16)12-8-6-11(2)7-9-12/h6-9,13-14H,3-5,10H2,1-2H3/t13-,14+/m1/s1. The lowest BCUT2D eigenvalue weighted by Gasteiger charge is -2.04. The summed E-state index contributed by atoms with van der Waals surface area (Å²) in [5, 5.41) is 0. The van der Waals surface area contributed by atoms with Gasteiger partial charge in [0.05, 0.1) is 17.6 Å². The molecule has 0 unspecified atom stereocenters. The van der Waals surface area contributed by atoms with Crippen molar-refractivity contribution in [3.8, 4) is 0 Å². The van der Waals surface area contributed by atoms with Crippen LogP contribution in [-0.4, -0.2) is 27.2 Å².